The number of piperidine rings is 1. The van der Waals surface area contributed by atoms with Crippen LogP contribution in [0, 0.1) is 11.3 Å². The number of nitrogens with zero attached hydrogens (tertiary/aromatic N) is 2. The lowest BCUT2D eigenvalue weighted by Crippen LogP contribution is -2.38. The van der Waals surface area contributed by atoms with E-state index in [1.807, 2.05) is 6.08 Å². The van der Waals surface area contributed by atoms with Gasteiger partial charge in [-0.1, -0.05) is 6.08 Å². The SMILES string of the molecule is C=CCN1CCCCC1C#N. The average Bonchev–Trinajstić information content (AvgIpc) is 2.06. The van der Waals surface area contributed by atoms with E-state index >= 15 is 0 Å². The van der Waals surface area contributed by atoms with E-state index in [0.29, 0.717) is 0 Å². The zero-order chi connectivity index (χ0) is 8.10. The van der Waals surface area contributed by atoms with E-state index in [-0.39, 0.29) is 6.04 Å². The molecule has 1 fully saturated rings. The van der Waals surface area contributed by atoms with Gasteiger partial charge in [0.1, 0.15) is 0 Å². The second kappa shape index (κ2) is 4.15. The highest BCUT2D eigenvalue weighted by Crippen LogP contribution is 2.15. The molecular weight excluding hydrogens is 136 g/mol. The van der Waals surface area contributed by atoms with E-state index in [4.69, 9.17) is 5.26 Å². The second-order valence-electron chi connectivity index (χ2n) is 2.92. The summed E-state index contributed by atoms with van der Waals surface area (Å²) in [5, 5.41) is 8.76. The van der Waals surface area contributed by atoms with Crippen LogP contribution in [0.4, 0.5) is 0 Å². The fourth-order valence-electron chi connectivity index (χ4n) is 1.52. The monoisotopic (exact) mass is 150 g/mol. The van der Waals surface area contributed by atoms with Crippen LogP contribution in [0.25, 0.3) is 0 Å². The van der Waals surface area contributed by atoms with Gasteiger partial charge in [0.15, 0.2) is 0 Å². The summed E-state index contributed by atoms with van der Waals surface area (Å²) in [6.07, 6.45) is 5.33. The van der Waals surface area contributed by atoms with Crippen LogP contribution in [0.15, 0.2) is 12.7 Å². The van der Waals surface area contributed by atoms with Crippen LogP contribution in [-0.4, -0.2) is 24.0 Å². The Bertz CT molecular complexity index is 169. The summed E-state index contributed by atoms with van der Waals surface area (Å²) in [7, 11) is 0. The minimum absolute atomic E-state index is 0.141. The van der Waals surface area contributed by atoms with Gasteiger partial charge in [0, 0.05) is 6.54 Å². The van der Waals surface area contributed by atoms with Crippen molar-refractivity contribution in [3.63, 3.8) is 0 Å². The van der Waals surface area contributed by atoms with Crippen LogP contribution in [0.3, 0.4) is 0 Å². The highest BCUT2D eigenvalue weighted by molar-refractivity contribution is 4.95. The molecular formula is C9H14N2. The third-order valence-electron chi connectivity index (χ3n) is 2.13. The van der Waals surface area contributed by atoms with Crippen molar-refractivity contribution in [1.29, 1.82) is 5.26 Å². The summed E-state index contributed by atoms with van der Waals surface area (Å²) in [5.41, 5.74) is 0. The van der Waals surface area contributed by atoms with Gasteiger partial charge >= 0.3 is 0 Å². The lowest BCUT2D eigenvalue weighted by atomic mass is 10.0. The zero-order valence-electron chi connectivity index (χ0n) is 6.79. The van der Waals surface area contributed by atoms with E-state index in [1.165, 1.54) is 12.8 Å². The quantitative estimate of drug-likeness (QED) is 0.558. The first-order valence-electron chi connectivity index (χ1n) is 4.13. The maximum Gasteiger partial charge on any atom is 0.0980 e. The molecule has 1 saturated heterocycles. The summed E-state index contributed by atoms with van der Waals surface area (Å²) in [4.78, 5) is 2.19. The minimum Gasteiger partial charge on any atom is -0.284 e. The van der Waals surface area contributed by atoms with Crippen LogP contribution in [0.2, 0.25) is 0 Å². The fraction of sp³-hybridized carbons (Fsp3) is 0.667. The Morgan fingerprint density at radius 1 is 1.64 bits per heavy atom. The Morgan fingerprint density at radius 2 is 2.45 bits per heavy atom. The Balaban J connectivity index is 2.45. The van der Waals surface area contributed by atoms with E-state index in [0.717, 1.165) is 19.5 Å². The maximum atomic E-state index is 8.76. The highest BCUT2D eigenvalue weighted by Gasteiger charge is 2.19. The molecule has 0 bridgehead atoms. The molecule has 11 heavy (non-hydrogen) atoms. The van der Waals surface area contributed by atoms with E-state index in [1.54, 1.807) is 0 Å². The summed E-state index contributed by atoms with van der Waals surface area (Å²) in [6, 6.07) is 2.46. The second-order valence-corrected chi connectivity index (χ2v) is 2.92. The summed E-state index contributed by atoms with van der Waals surface area (Å²) in [6.45, 7) is 5.59. The number of nitriles is 1. The number of hydrogen-bond donors (Lipinski definition) is 0. The van der Waals surface area contributed by atoms with Crippen LogP contribution >= 0.6 is 0 Å². The third-order valence-corrected chi connectivity index (χ3v) is 2.13. The zero-order valence-corrected chi connectivity index (χ0v) is 6.79. The molecule has 0 amide bonds. The first-order chi connectivity index (χ1) is 5.38. The molecule has 2 heteroatoms. The first-order valence-corrected chi connectivity index (χ1v) is 4.13. The van der Waals surface area contributed by atoms with Gasteiger partial charge in [0.25, 0.3) is 0 Å². The smallest absolute Gasteiger partial charge is 0.0980 e. The van der Waals surface area contributed by atoms with E-state index < -0.39 is 0 Å². The van der Waals surface area contributed by atoms with E-state index in [2.05, 4.69) is 17.5 Å². The largest absolute Gasteiger partial charge is 0.284 e. The molecule has 0 aromatic rings. The predicted molar refractivity (Wildman–Crippen MR) is 45.0 cm³/mol. The van der Waals surface area contributed by atoms with Gasteiger partial charge < -0.3 is 0 Å². The van der Waals surface area contributed by atoms with Crippen LogP contribution in [-0.2, 0) is 0 Å². The number of rotatable bonds is 2. The van der Waals surface area contributed by atoms with Crippen molar-refractivity contribution in [2.24, 2.45) is 0 Å². The summed E-state index contributed by atoms with van der Waals surface area (Å²) >= 11 is 0. The van der Waals surface area contributed by atoms with Crippen LogP contribution in [0.1, 0.15) is 19.3 Å². The van der Waals surface area contributed by atoms with Crippen LogP contribution in [0.5, 0.6) is 0 Å². The van der Waals surface area contributed by atoms with Gasteiger partial charge in [-0.25, -0.2) is 0 Å². The molecule has 0 saturated carbocycles. The Hall–Kier alpha value is -0.810. The van der Waals surface area contributed by atoms with Gasteiger partial charge in [-0.2, -0.15) is 5.26 Å². The molecule has 0 aromatic carbocycles. The average molecular weight is 150 g/mol. The molecule has 2 nitrogen and oxygen atoms in total. The lowest BCUT2D eigenvalue weighted by Gasteiger charge is -2.29. The van der Waals surface area contributed by atoms with Crippen molar-refractivity contribution in [2.75, 3.05) is 13.1 Å². The maximum absolute atomic E-state index is 8.76. The molecule has 1 aliphatic rings. The number of likely N-dealkylation sites (tertiary alicyclic amines) is 1. The molecule has 1 aliphatic heterocycles. The molecule has 0 aliphatic carbocycles. The molecule has 0 aromatic heterocycles. The summed E-state index contributed by atoms with van der Waals surface area (Å²) < 4.78 is 0. The Kier molecular flexibility index (Phi) is 3.13. The summed E-state index contributed by atoms with van der Waals surface area (Å²) in [5.74, 6) is 0. The Morgan fingerprint density at radius 3 is 3.09 bits per heavy atom. The van der Waals surface area contributed by atoms with Crippen molar-refractivity contribution in [2.45, 2.75) is 25.3 Å². The van der Waals surface area contributed by atoms with Crippen molar-refractivity contribution in [1.82, 2.24) is 4.90 Å². The molecule has 0 radical (unpaired) electrons. The Labute approximate surface area is 68.1 Å². The van der Waals surface area contributed by atoms with E-state index in [9.17, 15) is 0 Å². The topological polar surface area (TPSA) is 27.0 Å². The van der Waals surface area contributed by atoms with Gasteiger partial charge in [-0.15, -0.1) is 6.58 Å². The highest BCUT2D eigenvalue weighted by atomic mass is 15.2. The molecule has 0 spiro atoms. The third kappa shape index (κ3) is 2.06. The molecule has 1 unspecified atom stereocenters. The van der Waals surface area contributed by atoms with Gasteiger partial charge in [-0.3, -0.25) is 4.90 Å². The van der Waals surface area contributed by atoms with Crippen LogP contribution < -0.4 is 0 Å². The van der Waals surface area contributed by atoms with Crippen molar-refractivity contribution < 1.29 is 0 Å². The fourth-order valence-corrected chi connectivity index (χ4v) is 1.52. The van der Waals surface area contributed by atoms with Crippen molar-refractivity contribution in [3.8, 4) is 6.07 Å². The van der Waals surface area contributed by atoms with Crippen molar-refractivity contribution in [3.05, 3.63) is 12.7 Å². The minimum atomic E-state index is 0.141. The molecule has 1 atom stereocenters. The van der Waals surface area contributed by atoms with Crippen molar-refractivity contribution >= 4 is 0 Å². The normalized spacial score (nSPS) is 25.9. The standard InChI is InChI=1S/C9H14N2/c1-2-6-11-7-4-3-5-9(11)8-10/h2,9H,1,3-7H2. The first kappa shape index (κ1) is 8.29. The lowest BCUT2D eigenvalue weighted by molar-refractivity contribution is 0.204. The number of hydrogen-bond acceptors (Lipinski definition) is 2. The van der Waals surface area contributed by atoms with Gasteiger partial charge in [0.05, 0.1) is 12.1 Å². The molecule has 1 heterocycles. The van der Waals surface area contributed by atoms with Gasteiger partial charge in [-0.05, 0) is 25.8 Å². The van der Waals surface area contributed by atoms with Gasteiger partial charge in [0.2, 0.25) is 0 Å². The molecule has 1 rings (SSSR count). The predicted octanol–water partition coefficient (Wildman–Crippen LogP) is 1.55. The molecule has 60 valence electrons. The molecule has 0 N–H and O–H groups in total.